The number of aliphatic hydroxyl groups excluding tert-OH is 1. The lowest BCUT2D eigenvalue weighted by atomic mass is 10.1. The lowest BCUT2D eigenvalue weighted by Crippen LogP contribution is -2.21. The van der Waals surface area contributed by atoms with E-state index in [4.69, 9.17) is 5.73 Å². The van der Waals surface area contributed by atoms with Crippen LogP contribution < -0.4 is 5.73 Å². The van der Waals surface area contributed by atoms with Gasteiger partial charge >= 0.3 is 5.97 Å². The molecule has 0 spiro atoms. The van der Waals surface area contributed by atoms with E-state index in [1.165, 1.54) is 7.11 Å². The summed E-state index contributed by atoms with van der Waals surface area (Å²) in [4.78, 5) is 11.0. The first-order valence-corrected chi connectivity index (χ1v) is 4.15. The van der Waals surface area contributed by atoms with E-state index in [9.17, 15) is 9.90 Å². The highest BCUT2D eigenvalue weighted by Crippen LogP contribution is 2.31. The van der Waals surface area contributed by atoms with Crippen LogP contribution in [0.3, 0.4) is 0 Å². The predicted molar refractivity (Wildman–Crippen MR) is 43.3 cm³/mol. The fraction of sp³-hybridized carbons (Fsp3) is 0.875. The third-order valence-electron chi connectivity index (χ3n) is 2.49. The van der Waals surface area contributed by atoms with Gasteiger partial charge in [0.15, 0.2) is 0 Å². The molecule has 4 heteroatoms. The van der Waals surface area contributed by atoms with E-state index < -0.39 is 6.10 Å². The molecule has 4 nitrogen and oxygen atoms in total. The minimum Gasteiger partial charge on any atom is -0.469 e. The van der Waals surface area contributed by atoms with Crippen molar-refractivity contribution >= 4 is 5.97 Å². The van der Waals surface area contributed by atoms with Gasteiger partial charge in [0.2, 0.25) is 0 Å². The summed E-state index contributed by atoms with van der Waals surface area (Å²) in [5, 5.41) is 9.42. The molecule has 0 saturated heterocycles. The number of nitrogens with two attached hydrogens (primary N) is 1. The Morgan fingerprint density at radius 1 is 1.67 bits per heavy atom. The molecule has 0 unspecified atom stereocenters. The highest BCUT2D eigenvalue weighted by atomic mass is 16.5. The van der Waals surface area contributed by atoms with Crippen LogP contribution in [0, 0.1) is 11.8 Å². The molecule has 0 radical (unpaired) electrons. The predicted octanol–water partition coefficient (Wildman–Crippen LogP) is -0.495. The molecule has 0 aliphatic heterocycles. The van der Waals surface area contributed by atoms with Crippen molar-refractivity contribution in [3.05, 3.63) is 0 Å². The van der Waals surface area contributed by atoms with E-state index in [-0.39, 0.29) is 17.8 Å². The maximum Gasteiger partial charge on any atom is 0.308 e. The molecule has 0 heterocycles. The van der Waals surface area contributed by atoms with Gasteiger partial charge in [0.05, 0.1) is 19.1 Å². The van der Waals surface area contributed by atoms with Gasteiger partial charge in [-0.25, -0.2) is 0 Å². The number of hydrogen-bond acceptors (Lipinski definition) is 4. The SMILES string of the molecule is COC(=O)[C@H]1C[C@H](CN)[C@@H](O)C1. The topological polar surface area (TPSA) is 72.5 Å². The van der Waals surface area contributed by atoms with Crippen LogP contribution in [0.2, 0.25) is 0 Å². The van der Waals surface area contributed by atoms with E-state index >= 15 is 0 Å². The normalized spacial score (nSPS) is 35.1. The average Bonchev–Trinajstić information content (AvgIpc) is 2.45. The van der Waals surface area contributed by atoms with Gasteiger partial charge in [-0.15, -0.1) is 0 Å². The third kappa shape index (κ3) is 1.76. The van der Waals surface area contributed by atoms with Crippen molar-refractivity contribution in [3.63, 3.8) is 0 Å². The molecule has 1 rings (SSSR count). The summed E-state index contributed by atoms with van der Waals surface area (Å²) in [5.74, 6) is -0.322. The lowest BCUT2D eigenvalue weighted by Gasteiger charge is -2.09. The zero-order valence-electron chi connectivity index (χ0n) is 7.19. The molecule has 0 aromatic carbocycles. The van der Waals surface area contributed by atoms with Crippen LogP contribution in [0.5, 0.6) is 0 Å². The van der Waals surface area contributed by atoms with Crippen molar-refractivity contribution in [1.82, 2.24) is 0 Å². The van der Waals surface area contributed by atoms with Crippen molar-refractivity contribution in [3.8, 4) is 0 Å². The number of carbonyl (C=O) groups excluding carboxylic acids is 1. The molecule has 0 amide bonds. The van der Waals surface area contributed by atoms with Gasteiger partial charge < -0.3 is 15.6 Å². The van der Waals surface area contributed by atoms with Crippen LogP contribution in [0.4, 0.5) is 0 Å². The number of ether oxygens (including phenoxy) is 1. The van der Waals surface area contributed by atoms with E-state index in [1.807, 2.05) is 0 Å². The molecule has 0 bridgehead atoms. The van der Waals surface area contributed by atoms with Gasteiger partial charge in [0, 0.05) is 0 Å². The van der Waals surface area contributed by atoms with E-state index in [1.54, 1.807) is 0 Å². The van der Waals surface area contributed by atoms with Gasteiger partial charge in [-0.3, -0.25) is 4.79 Å². The second kappa shape index (κ2) is 3.87. The van der Waals surface area contributed by atoms with Gasteiger partial charge in [-0.2, -0.15) is 0 Å². The average molecular weight is 173 g/mol. The van der Waals surface area contributed by atoms with Crippen LogP contribution in [-0.2, 0) is 9.53 Å². The van der Waals surface area contributed by atoms with Gasteiger partial charge in [0.1, 0.15) is 0 Å². The van der Waals surface area contributed by atoms with E-state index in [0.29, 0.717) is 19.4 Å². The molecule has 1 aliphatic rings. The fourth-order valence-corrected chi connectivity index (χ4v) is 1.72. The smallest absolute Gasteiger partial charge is 0.308 e. The number of hydrogen-bond donors (Lipinski definition) is 2. The largest absolute Gasteiger partial charge is 0.469 e. The number of rotatable bonds is 2. The molecule has 3 N–H and O–H groups in total. The molecule has 12 heavy (non-hydrogen) atoms. The quantitative estimate of drug-likeness (QED) is 0.552. The van der Waals surface area contributed by atoms with Crippen molar-refractivity contribution < 1.29 is 14.6 Å². The second-order valence-electron chi connectivity index (χ2n) is 3.25. The Balaban J connectivity index is 2.48. The molecule has 1 saturated carbocycles. The number of aliphatic hydroxyl groups is 1. The van der Waals surface area contributed by atoms with Crippen molar-refractivity contribution in [2.24, 2.45) is 17.6 Å². The molecule has 70 valence electrons. The summed E-state index contributed by atoms with van der Waals surface area (Å²) in [6.07, 6.45) is 0.720. The minimum atomic E-state index is -0.431. The van der Waals surface area contributed by atoms with Gasteiger partial charge in [0.25, 0.3) is 0 Å². The molecule has 0 aromatic rings. The minimum absolute atomic E-state index is 0.0640. The molecule has 1 aliphatic carbocycles. The Hall–Kier alpha value is -0.610. The standard InChI is InChI=1S/C8H15NO3/c1-12-8(11)5-2-6(4-9)7(10)3-5/h5-7,10H,2-4,9H2,1H3/t5-,6+,7-/m0/s1. The zero-order valence-corrected chi connectivity index (χ0v) is 7.19. The first-order chi connectivity index (χ1) is 5.69. The van der Waals surface area contributed by atoms with E-state index in [2.05, 4.69) is 4.74 Å². The fourth-order valence-electron chi connectivity index (χ4n) is 1.72. The maximum absolute atomic E-state index is 11.0. The lowest BCUT2D eigenvalue weighted by molar-refractivity contribution is -0.145. The van der Waals surface area contributed by atoms with Crippen molar-refractivity contribution in [1.29, 1.82) is 0 Å². The van der Waals surface area contributed by atoms with Crippen LogP contribution >= 0.6 is 0 Å². The Bertz CT molecular complexity index is 172. The molecule has 1 fully saturated rings. The van der Waals surface area contributed by atoms with Gasteiger partial charge in [-0.1, -0.05) is 0 Å². The molecule has 0 aromatic heterocycles. The highest BCUT2D eigenvalue weighted by molar-refractivity contribution is 5.72. The van der Waals surface area contributed by atoms with E-state index in [0.717, 1.165) is 0 Å². The zero-order chi connectivity index (χ0) is 9.14. The van der Waals surface area contributed by atoms with Crippen LogP contribution in [0.1, 0.15) is 12.8 Å². The summed E-state index contributed by atoms with van der Waals surface area (Å²) < 4.78 is 4.58. The molecule has 3 atom stereocenters. The highest BCUT2D eigenvalue weighted by Gasteiger charge is 2.36. The van der Waals surface area contributed by atoms with Crippen LogP contribution in [-0.4, -0.2) is 30.8 Å². The summed E-state index contributed by atoms with van der Waals surface area (Å²) in [6.45, 7) is 0.439. The first kappa shape index (κ1) is 9.48. The van der Waals surface area contributed by atoms with Crippen molar-refractivity contribution in [2.45, 2.75) is 18.9 Å². The summed E-state index contributed by atoms with van der Waals surface area (Å²) in [7, 11) is 1.37. The summed E-state index contributed by atoms with van der Waals surface area (Å²) in [6, 6.07) is 0. The number of carbonyl (C=O) groups is 1. The number of esters is 1. The van der Waals surface area contributed by atoms with Crippen LogP contribution in [0.15, 0.2) is 0 Å². The maximum atomic E-state index is 11.0. The molecular weight excluding hydrogens is 158 g/mol. The second-order valence-corrected chi connectivity index (χ2v) is 3.25. The monoisotopic (exact) mass is 173 g/mol. The van der Waals surface area contributed by atoms with Gasteiger partial charge in [-0.05, 0) is 25.3 Å². The number of methoxy groups -OCH3 is 1. The summed E-state index contributed by atoms with van der Waals surface area (Å²) in [5.41, 5.74) is 5.42. The Morgan fingerprint density at radius 2 is 2.33 bits per heavy atom. The van der Waals surface area contributed by atoms with Crippen LogP contribution in [0.25, 0.3) is 0 Å². The third-order valence-corrected chi connectivity index (χ3v) is 2.49. The Kier molecular flexibility index (Phi) is 3.05. The Labute approximate surface area is 71.7 Å². The first-order valence-electron chi connectivity index (χ1n) is 4.15. The summed E-state index contributed by atoms with van der Waals surface area (Å²) >= 11 is 0. The van der Waals surface area contributed by atoms with Crippen molar-refractivity contribution in [2.75, 3.05) is 13.7 Å². The Morgan fingerprint density at radius 3 is 2.75 bits per heavy atom. The molecular formula is C8H15NO3.